The van der Waals surface area contributed by atoms with E-state index >= 15 is 0 Å². The normalized spacial score (nSPS) is 13.9. The van der Waals surface area contributed by atoms with Gasteiger partial charge in [0, 0.05) is 6.54 Å². The molecule has 0 spiro atoms. The van der Waals surface area contributed by atoms with E-state index < -0.39 is 6.10 Å². The zero-order valence-corrected chi connectivity index (χ0v) is 7.44. The van der Waals surface area contributed by atoms with E-state index in [0.717, 1.165) is 12.2 Å². The van der Waals surface area contributed by atoms with Crippen molar-refractivity contribution < 1.29 is 5.11 Å². The maximum Gasteiger partial charge on any atom is 0.0950 e. The van der Waals surface area contributed by atoms with E-state index in [2.05, 4.69) is 11.9 Å². The Morgan fingerprint density at radius 2 is 2.50 bits per heavy atom. The SMILES string of the molecule is CCn1cncc1/C=C/C(C)O. The van der Waals surface area contributed by atoms with E-state index in [0.29, 0.717) is 0 Å². The number of aliphatic hydroxyl groups is 1. The average molecular weight is 166 g/mol. The van der Waals surface area contributed by atoms with Gasteiger partial charge >= 0.3 is 0 Å². The molecule has 0 bridgehead atoms. The van der Waals surface area contributed by atoms with E-state index in [9.17, 15) is 0 Å². The van der Waals surface area contributed by atoms with Crippen LogP contribution in [0.2, 0.25) is 0 Å². The average Bonchev–Trinajstić information content (AvgIpc) is 2.47. The fourth-order valence-electron chi connectivity index (χ4n) is 0.972. The molecule has 0 radical (unpaired) electrons. The predicted octanol–water partition coefficient (Wildman–Crippen LogP) is 1.30. The predicted molar refractivity (Wildman–Crippen MR) is 48.6 cm³/mol. The molecule has 0 saturated carbocycles. The fraction of sp³-hybridized carbons (Fsp3) is 0.444. The molecule has 1 heterocycles. The molecule has 0 aromatic carbocycles. The lowest BCUT2D eigenvalue weighted by atomic mass is 10.3. The van der Waals surface area contributed by atoms with Crippen LogP contribution in [0.25, 0.3) is 6.08 Å². The molecule has 0 aliphatic heterocycles. The van der Waals surface area contributed by atoms with Crippen LogP contribution in [-0.4, -0.2) is 20.8 Å². The molecule has 0 amide bonds. The highest BCUT2D eigenvalue weighted by atomic mass is 16.3. The standard InChI is InChI=1S/C9H14N2O/c1-3-11-7-10-6-9(11)5-4-8(2)12/h4-8,12H,3H2,1-2H3/b5-4+. The van der Waals surface area contributed by atoms with Crippen molar-refractivity contribution in [2.45, 2.75) is 26.5 Å². The van der Waals surface area contributed by atoms with Crippen molar-refractivity contribution in [3.05, 3.63) is 24.3 Å². The van der Waals surface area contributed by atoms with Gasteiger partial charge in [-0.3, -0.25) is 0 Å². The molecular formula is C9H14N2O. The molecule has 0 saturated heterocycles. The van der Waals surface area contributed by atoms with Crippen LogP contribution < -0.4 is 0 Å². The third-order valence-corrected chi connectivity index (χ3v) is 1.63. The molecule has 0 aliphatic carbocycles. The Morgan fingerprint density at radius 3 is 3.08 bits per heavy atom. The van der Waals surface area contributed by atoms with Gasteiger partial charge in [-0.25, -0.2) is 4.98 Å². The zero-order valence-electron chi connectivity index (χ0n) is 7.44. The van der Waals surface area contributed by atoms with Crippen molar-refractivity contribution in [1.29, 1.82) is 0 Å². The largest absolute Gasteiger partial charge is 0.389 e. The molecular weight excluding hydrogens is 152 g/mol. The van der Waals surface area contributed by atoms with E-state index in [1.807, 2.05) is 10.6 Å². The van der Waals surface area contributed by atoms with Gasteiger partial charge in [0.1, 0.15) is 0 Å². The Balaban J connectivity index is 2.74. The number of imidazole rings is 1. The van der Waals surface area contributed by atoms with Crippen LogP contribution in [0.5, 0.6) is 0 Å². The third-order valence-electron chi connectivity index (χ3n) is 1.63. The number of hydrogen-bond donors (Lipinski definition) is 1. The zero-order chi connectivity index (χ0) is 8.97. The van der Waals surface area contributed by atoms with Gasteiger partial charge in [-0.1, -0.05) is 6.08 Å². The smallest absolute Gasteiger partial charge is 0.0950 e. The summed E-state index contributed by atoms with van der Waals surface area (Å²) in [7, 11) is 0. The maximum atomic E-state index is 9.00. The number of rotatable bonds is 3. The van der Waals surface area contributed by atoms with Gasteiger partial charge in [0.05, 0.1) is 24.3 Å². The molecule has 1 aromatic rings. The molecule has 1 rings (SSSR count). The van der Waals surface area contributed by atoms with Crippen molar-refractivity contribution >= 4 is 6.08 Å². The van der Waals surface area contributed by atoms with Crippen LogP contribution in [0.1, 0.15) is 19.5 Å². The van der Waals surface area contributed by atoms with Crippen molar-refractivity contribution in [3.8, 4) is 0 Å². The molecule has 3 nitrogen and oxygen atoms in total. The first-order chi connectivity index (χ1) is 5.74. The summed E-state index contributed by atoms with van der Waals surface area (Å²) in [6.07, 6.45) is 6.78. The van der Waals surface area contributed by atoms with Crippen LogP contribution in [0, 0.1) is 0 Å². The molecule has 12 heavy (non-hydrogen) atoms. The molecule has 66 valence electrons. The maximum absolute atomic E-state index is 9.00. The Kier molecular flexibility index (Phi) is 3.05. The number of aryl methyl sites for hydroxylation is 1. The summed E-state index contributed by atoms with van der Waals surface area (Å²) in [5.74, 6) is 0. The second-order valence-electron chi connectivity index (χ2n) is 2.70. The van der Waals surface area contributed by atoms with Gasteiger partial charge in [-0.15, -0.1) is 0 Å². The fourth-order valence-corrected chi connectivity index (χ4v) is 0.972. The monoisotopic (exact) mass is 166 g/mol. The minimum absolute atomic E-state index is 0.398. The van der Waals surface area contributed by atoms with Crippen LogP contribution in [-0.2, 0) is 6.54 Å². The number of nitrogens with zero attached hydrogens (tertiary/aromatic N) is 2. The van der Waals surface area contributed by atoms with E-state index in [4.69, 9.17) is 5.11 Å². The Morgan fingerprint density at radius 1 is 1.75 bits per heavy atom. The summed E-state index contributed by atoms with van der Waals surface area (Å²) in [6, 6.07) is 0. The molecule has 1 atom stereocenters. The van der Waals surface area contributed by atoms with Gasteiger partial charge in [0.25, 0.3) is 0 Å². The molecule has 0 fully saturated rings. The molecule has 3 heteroatoms. The Bertz CT molecular complexity index is 263. The van der Waals surface area contributed by atoms with Gasteiger partial charge < -0.3 is 9.67 Å². The Hall–Kier alpha value is -1.09. The van der Waals surface area contributed by atoms with Gasteiger partial charge in [0.2, 0.25) is 0 Å². The lowest BCUT2D eigenvalue weighted by Gasteiger charge is -1.99. The third kappa shape index (κ3) is 2.20. The Labute approximate surface area is 72.4 Å². The topological polar surface area (TPSA) is 38.0 Å². The summed E-state index contributed by atoms with van der Waals surface area (Å²) in [5.41, 5.74) is 1.03. The summed E-state index contributed by atoms with van der Waals surface area (Å²) >= 11 is 0. The first kappa shape index (κ1) is 9.00. The van der Waals surface area contributed by atoms with Crippen LogP contribution >= 0.6 is 0 Å². The summed E-state index contributed by atoms with van der Waals surface area (Å²) in [6.45, 7) is 4.68. The lowest BCUT2D eigenvalue weighted by molar-refractivity contribution is 0.245. The van der Waals surface area contributed by atoms with Crippen molar-refractivity contribution in [3.63, 3.8) is 0 Å². The van der Waals surface area contributed by atoms with Crippen molar-refractivity contribution in [2.24, 2.45) is 0 Å². The van der Waals surface area contributed by atoms with E-state index in [1.165, 1.54) is 0 Å². The number of aliphatic hydroxyl groups excluding tert-OH is 1. The van der Waals surface area contributed by atoms with Gasteiger partial charge in [-0.2, -0.15) is 0 Å². The molecule has 1 unspecified atom stereocenters. The molecule has 1 N–H and O–H groups in total. The minimum atomic E-state index is -0.398. The summed E-state index contributed by atoms with van der Waals surface area (Å²) in [5, 5.41) is 9.00. The van der Waals surface area contributed by atoms with Crippen molar-refractivity contribution in [2.75, 3.05) is 0 Å². The lowest BCUT2D eigenvalue weighted by Crippen LogP contribution is -1.96. The van der Waals surface area contributed by atoms with Crippen LogP contribution in [0.4, 0.5) is 0 Å². The minimum Gasteiger partial charge on any atom is -0.389 e. The quantitative estimate of drug-likeness (QED) is 0.735. The number of hydrogen-bond acceptors (Lipinski definition) is 2. The molecule has 0 aliphatic rings. The highest BCUT2D eigenvalue weighted by Crippen LogP contribution is 2.02. The summed E-state index contributed by atoms with van der Waals surface area (Å²) < 4.78 is 2.01. The first-order valence-electron chi connectivity index (χ1n) is 4.10. The van der Waals surface area contributed by atoms with Crippen LogP contribution in [0.3, 0.4) is 0 Å². The van der Waals surface area contributed by atoms with Crippen LogP contribution in [0.15, 0.2) is 18.6 Å². The van der Waals surface area contributed by atoms with E-state index in [1.54, 1.807) is 25.5 Å². The van der Waals surface area contributed by atoms with Crippen molar-refractivity contribution in [1.82, 2.24) is 9.55 Å². The second-order valence-corrected chi connectivity index (χ2v) is 2.70. The first-order valence-corrected chi connectivity index (χ1v) is 4.10. The highest BCUT2D eigenvalue weighted by Gasteiger charge is 1.94. The summed E-state index contributed by atoms with van der Waals surface area (Å²) in [4.78, 5) is 4.00. The molecule has 1 aromatic heterocycles. The second kappa shape index (κ2) is 4.07. The van der Waals surface area contributed by atoms with Gasteiger partial charge in [0.15, 0.2) is 0 Å². The highest BCUT2D eigenvalue weighted by molar-refractivity contribution is 5.44. The van der Waals surface area contributed by atoms with E-state index in [-0.39, 0.29) is 0 Å². The number of aromatic nitrogens is 2. The van der Waals surface area contributed by atoms with Gasteiger partial charge in [-0.05, 0) is 19.9 Å².